The molecule has 32 heavy (non-hydrogen) atoms. The van der Waals surface area contributed by atoms with Gasteiger partial charge in [-0.2, -0.15) is 0 Å². The Hall–Kier alpha value is -3.88. The molecular weight excluding hydrogens is 414 g/mol. The van der Waals surface area contributed by atoms with Crippen molar-refractivity contribution in [2.75, 3.05) is 13.1 Å². The number of hydrogen-bond acceptors (Lipinski definition) is 5. The molecule has 0 saturated carbocycles. The number of piperidine rings is 1. The van der Waals surface area contributed by atoms with E-state index < -0.39 is 23.9 Å². The predicted octanol–water partition coefficient (Wildman–Crippen LogP) is 1.88. The Morgan fingerprint density at radius 1 is 1.03 bits per heavy atom. The van der Waals surface area contributed by atoms with Gasteiger partial charge in [0.25, 0.3) is 0 Å². The van der Waals surface area contributed by atoms with Crippen LogP contribution in [0.3, 0.4) is 0 Å². The van der Waals surface area contributed by atoms with Gasteiger partial charge < -0.3 is 30.2 Å². The van der Waals surface area contributed by atoms with Crippen molar-refractivity contribution in [2.24, 2.45) is 0 Å². The number of para-hydroxylation sites is 1. The van der Waals surface area contributed by atoms with E-state index in [-0.39, 0.29) is 25.7 Å². The van der Waals surface area contributed by atoms with Crippen molar-refractivity contribution in [3.05, 3.63) is 65.7 Å². The summed E-state index contributed by atoms with van der Waals surface area (Å²) in [5.74, 6) is -1.39. The highest BCUT2D eigenvalue weighted by atomic mass is 16.5. The smallest absolute Gasteiger partial charge is 0.407 e. The Balaban J connectivity index is 1.58. The lowest BCUT2D eigenvalue weighted by molar-refractivity contribution is -0.140. The molecule has 0 aromatic heterocycles. The molecule has 1 heterocycles. The van der Waals surface area contributed by atoms with Crippen molar-refractivity contribution < 1.29 is 29.0 Å². The number of carbonyl (C=O) groups is 4. The molecule has 1 unspecified atom stereocenters. The van der Waals surface area contributed by atoms with E-state index in [9.17, 15) is 19.2 Å². The molecule has 1 atom stereocenters. The average molecular weight is 439 g/mol. The zero-order chi connectivity index (χ0) is 22.9. The van der Waals surface area contributed by atoms with Crippen molar-refractivity contribution in [3.63, 3.8) is 0 Å². The first-order valence-electron chi connectivity index (χ1n) is 10.3. The van der Waals surface area contributed by atoms with Crippen LogP contribution in [-0.2, 0) is 21.0 Å². The average Bonchev–Trinajstić information content (AvgIpc) is 2.82. The van der Waals surface area contributed by atoms with E-state index in [1.54, 1.807) is 24.3 Å². The number of benzene rings is 2. The second-order valence-electron chi connectivity index (χ2n) is 7.42. The highest BCUT2D eigenvalue weighted by Gasteiger charge is 2.27. The minimum atomic E-state index is -1.06. The summed E-state index contributed by atoms with van der Waals surface area (Å²) in [6, 6.07) is 14.9. The summed E-state index contributed by atoms with van der Waals surface area (Å²) in [7, 11) is 0. The lowest BCUT2D eigenvalue weighted by Crippen LogP contribution is -2.50. The third-order valence-electron chi connectivity index (χ3n) is 5.22. The summed E-state index contributed by atoms with van der Waals surface area (Å²) in [5.41, 5.74) is 1.39. The van der Waals surface area contributed by atoms with Crippen LogP contribution in [0.1, 0.15) is 30.0 Å². The normalized spacial score (nSPS) is 14.8. The van der Waals surface area contributed by atoms with Gasteiger partial charge >= 0.3 is 17.9 Å². The highest BCUT2D eigenvalue weighted by molar-refractivity contribution is 6.35. The van der Waals surface area contributed by atoms with Crippen LogP contribution in [0.15, 0.2) is 54.6 Å². The molecule has 1 aliphatic heterocycles. The summed E-state index contributed by atoms with van der Waals surface area (Å²) >= 11 is 0. The van der Waals surface area contributed by atoms with E-state index in [0.717, 1.165) is 5.56 Å². The molecule has 0 bridgehead atoms. The number of nitrogens with one attached hydrogen (secondary N) is 2. The zero-order valence-electron chi connectivity index (χ0n) is 17.4. The highest BCUT2D eigenvalue weighted by Crippen LogP contribution is 2.25. The van der Waals surface area contributed by atoms with Gasteiger partial charge in [-0.1, -0.05) is 48.5 Å². The fourth-order valence-corrected chi connectivity index (χ4v) is 3.46. The van der Waals surface area contributed by atoms with E-state index >= 15 is 0 Å². The van der Waals surface area contributed by atoms with E-state index in [4.69, 9.17) is 9.84 Å². The van der Waals surface area contributed by atoms with Crippen molar-refractivity contribution in [1.82, 2.24) is 15.5 Å². The standard InChI is InChI=1S/C23H25N3O6/c27-14-19(18-8-4-5-9-20(18)32-15-16-6-2-1-3-7-16)25-22(29)21(28)24-17-10-12-26(13-11-17)23(30)31/h1-9,14,17,19H,10-13,15H2,(H,24,28)(H,25,29)(H,30,31). The Morgan fingerprint density at radius 2 is 1.69 bits per heavy atom. The zero-order valence-corrected chi connectivity index (χ0v) is 17.4. The molecule has 3 amide bonds. The van der Waals surface area contributed by atoms with Crippen molar-refractivity contribution in [2.45, 2.75) is 31.5 Å². The lowest BCUT2D eigenvalue weighted by atomic mass is 10.1. The van der Waals surface area contributed by atoms with Gasteiger partial charge in [-0.05, 0) is 24.5 Å². The number of hydrogen-bond donors (Lipinski definition) is 3. The molecule has 2 aromatic carbocycles. The Labute approximate surface area is 185 Å². The number of rotatable bonds is 7. The Bertz CT molecular complexity index is 957. The Morgan fingerprint density at radius 3 is 2.34 bits per heavy atom. The van der Waals surface area contributed by atoms with Gasteiger partial charge in [-0.25, -0.2) is 4.79 Å². The monoisotopic (exact) mass is 439 g/mol. The second-order valence-corrected chi connectivity index (χ2v) is 7.42. The van der Waals surface area contributed by atoms with Crippen LogP contribution in [0.5, 0.6) is 5.75 Å². The van der Waals surface area contributed by atoms with Gasteiger partial charge in [-0.3, -0.25) is 9.59 Å². The first kappa shape index (κ1) is 22.8. The molecule has 9 heteroatoms. The van der Waals surface area contributed by atoms with Crippen LogP contribution in [0.2, 0.25) is 0 Å². The summed E-state index contributed by atoms with van der Waals surface area (Å²) in [5, 5.41) is 14.0. The molecule has 0 spiro atoms. The summed E-state index contributed by atoms with van der Waals surface area (Å²) in [6.45, 7) is 0.850. The van der Waals surface area contributed by atoms with Crippen molar-refractivity contribution in [3.8, 4) is 5.75 Å². The van der Waals surface area contributed by atoms with Gasteiger partial charge in [-0.15, -0.1) is 0 Å². The number of amides is 3. The van der Waals surface area contributed by atoms with Crippen molar-refractivity contribution >= 4 is 24.2 Å². The topological polar surface area (TPSA) is 125 Å². The number of ether oxygens (including phenoxy) is 1. The van der Waals surface area contributed by atoms with Gasteiger partial charge in [0.15, 0.2) is 0 Å². The number of aldehydes is 1. The third kappa shape index (κ3) is 6.07. The van der Waals surface area contributed by atoms with Crippen LogP contribution >= 0.6 is 0 Å². The largest absolute Gasteiger partial charge is 0.489 e. The van der Waals surface area contributed by atoms with E-state index in [1.165, 1.54) is 4.90 Å². The first-order valence-corrected chi connectivity index (χ1v) is 10.3. The molecule has 0 radical (unpaired) electrons. The van der Waals surface area contributed by atoms with Gasteiger partial charge in [0, 0.05) is 24.7 Å². The molecule has 168 valence electrons. The van der Waals surface area contributed by atoms with Crippen LogP contribution in [-0.4, -0.2) is 53.3 Å². The first-order chi connectivity index (χ1) is 15.5. The minimum Gasteiger partial charge on any atom is -0.489 e. The minimum absolute atomic E-state index is 0.283. The maximum Gasteiger partial charge on any atom is 0.407 e. The van der Waals surface area contributed by atoms with Crippen LogP contribution in [0, 0.1) is 0 Å². The van der Waals surface area contributed by atoms with E-state index in [2.05, 4.69) is 10.6 Å². The number of carbonyl (C=O) groups excluding carboxylic acids is 3. The quantitative estimate of drug-likeness (QED) is 0.447. The van der Waals surface area contributed by atoms with Crippen molar-refractivity contribution in [1.29, 1.82) is 0 Å². The maximum atomic E-state index is 12.4. The molecular formula is C23H25N3O6. The summed E-state index contributed by atoms with van der Waals surface area (Å²) in [4.78, 5) is 48.6. The number of carboxylic acid groups (broad SMARTS) is 1. The molecule has 2 aromatic rings. The van der Waals surface area contributed by atoms with Crippen LogP contribution < -0.4 is 15.4 Å². The fraction of sp³-hybridized carbons (Fsp3) is 0.304. The number of likely N-dealkylation sites (tertiary alicyclic amines) is 1. The predicted molar refractivity (Wildman–Crippen MR) is 115 cm³/mol. The lowest BCUT2D eigenvalue weighted by Gasteiger charge is -2.30. The molecule has 1 saturated heterocycles. The van der Waals surface area contributed by atoms with Gasteiger partial charge in [0.1, 0.15) is 24.7 Å². The summed E-state index contributed by atoms with van der Waals surface area (Å²) in [6.07, 6.45) is 0.368. The van der Waals surface area contributed by atoms with E-state index in [0.29, 0.717) is 30.4 Å². The SMILES string of the molecule is O=CC(NC(=O)C(=O)NC1CCN(C(=O)O)CC1)c1ccccc1OCc1ccccc1. The van der Waals surface area contributed by atoms with Crippen LogP contribution in [0.4, 0.5) is 4.79 Å². The number of nitrogens with zero attached hydrogens (tertiary/aromatic N) is 1. The molecule has 3 N–H and O–H groups in total. The van der Waals surface area contributed by atoms with Crippen LogP contribution in [0.25, 0.3) is 0 Å². The fourth-order valence-electron chi connectivity index (χ4n) is 3.46. The molecule has 1 aliphatic rings. The molecule has 1 fully saturated rings. The summed E-state index contributed by atoms with van der Waals surface area (Å²) < 4.78 is 5.84. The molecule has 9 nitrogen and oxygen atoms in total. The van der Waals surface area contributed by atoms with E-state index in [1.807, 2.05) is 30.3 Å². The van der Waals surface area contributed by atoms with Gasteiger partial charge in [0.05, 0.1) is 0 Å². The third-order valence-corrected chi connectivity index (χ3v) is 5.22. The molecule has 3 rings (SSSR count). The second kappa shape index (κ2) is 10.9. The molecule has 0 aliphatic carbocycles. The van der Waals surface area contributed by atoms with Gasteiger partial charge in [0.2, 0.25) is 0 Å². The Kier molecular flexibility index (Phi) is 7.80. The maximum absolute atomic E-state index is 12.4.